The topological polar surface area (TPSA) is 64.4 Å². The Balaban J connectivity index is 1.51. The molecule has 0 amide bonds. The van der Waals surface area contributed by atoms with Crippen LogP contribution in [-0.2, 0) is 9.31 Å². The van der Waals surface area contributed by atoms with E-state index < -0.39 is 18.3 Å². The molecule has 0 radical (unpaired) electrons. The maximum absolute atomic E-state index is 14.6. The number of hydrogen-bond donors (Lipinski definition) is 0. The lowest BCUT2D eigenvalue weighted by Gasteiger charge is -2.32. The molecule has 1 saturated heterocycles. The summed E-state index contributed by atoms with van der Waals surface area (Å²) in [4.78, 5) is 4.06. The van der Waals surface area contributed by atoms with E-state index in [4.69, 9.17) is 19.3 Å². The largest absolute Gasteiger partial charge is 0.525 e. The lowest BCUT2D eigenvalue weighted by Crippen LogP contribution is -2.41. The quantitative estimate of drug-likeness (QED) is 0.781. The minimum Gasteiger partial charge on any atom is -0.477 e. The van der Waals surface area contributed by atoms with Crippen molar-refractivity contribution in [2.75, 3.05) is 6.61 Å². The molecule has 1 aliphatic heterocycles. The van der Waals surface area contributed by atoms with Gasteiger partial charge in [0, 0.05) is 18.2 Å². The predicted octanol–water partition coefficient (Wildman–Crippen LogP) is 3.60. The molecule has 1 aromatic heterocycles. The van der Waals surface area contributed by atoms with Gasteiger partial charge in [0.15, 0.2) is 0 Å². The molecule has 0 aromatic carbocycles. The van der Waals surface area contributed by atoms with Crippen LogP contribution in [0.4, 0.5) is 4.39 Å². The lowest BCUT2D eigenvalue weighted by molar-refractivity contribution is 0.00578. The van der Waals surface area contributed by atoms with Gasteiger partial charge in [-0.3, -0.25) is 0 Å². The molecule has 2 fully saturated rings. The van der Waals surface area contributed by atoms with E-state index in [1.165, 1.54) is 6.20 Å². The third-order valence-corrected chi connectivity index (χ3v) is 5.20. The van der Waals surface area contributed by atoms with Gasteiger partial charge in [0.1, 0.15) is 11.8 Å². The van der Waals surface area contributed by atoms with Gasteiger partial charge in [-0.25, -0.2) is 9.37 Å². The average Bonchev–Trinajstić information content (AvgIpc) is 2.74. The first kappa shape index (κ1) is 17.9. The molecule has 2 aliphatic rings. The maximum Gasteiger partial charge on any atom is 0.525 e. The zero-order valence-electron chi connectivity index (χ0n) is 15.0. The van der Waals surface area contributed by atoms with Crippen molar-refractivity contribution in [1.29, 1.82) is 5.26 Å². The van der Waals surface area contributed by atoms with Crippen molar-refractivity contribution in [3.05, 3.63) is 35.2 Å². The van der Waals surface area contributed by atoms with Crippen LogP contribution in [0.2, 0.25) is 0 Å². The Morgan fingerprint density at radius 3 is 2.48 bits per heavy atom. The molecule has 2 heterocycles. The van der Waals surface area contributed by atoms with Crippen molar-refractivity contribution >= 4 is 7.12 Å². The Kier molecular flexibility index (Phi) is 4.61. The summed E-state index contributed by atoms with van der Waals surface area (Å²) in [6, 6.07) is 5.33. The highest BCUT2D eigenvalue weighted by molar-refractivity contribution is 6.53. The molecule has 1 aliphatic carbocycles. The Bertz CT molecular complexity index is 701. The van der Waals surface area contributed by atoms with Crippen molar-refractivity contribution in [3.8, 4) is 11.9 Å². The minimum atomic E-state index is -0.915. The summed E-state index contributed by atoms with van der Waals surface area (Å²) >= 11 is 0. The highest BCUT2D eigenvalue weighted by atomic mass is 19.1. The molecular formula is C18H22BFN2O3. The summed E-state index contributed by atoms with van der Waals surface area (Å²) in [5.74, 6) is 0.725. The Morgan fingerprint density at radius 2 is 1.96 bits per heavy atom. The third kappa shape index (κ3) is 3.56. The summed E-state index contributed by atoms with van der Waals surface area (Å²) in [5.41, 5.74) is -0.149. The first-order valence-corrected chi connectivity index (χ1v) is 8.44. The molecule has 7 heteroatoms. The van der Waals surface area contributed by atoms with Gasteiger partial charge in [0.25, 0.3) is 0 Å². The number of hydrogen-bond acceptors (Lipinski definition) is 5. The second-order valence-electron chi connectivity index (χ2n) is 7.62. The van der Waals surface area contributed by atoms with E-state index in [1.807, 2.05) is 33.8 Å². The van der Waals surface area contributed by atoms with E-state index >= 15 is 0 Å². The van der Waals surface area contributed by atoms with Crippen LogP contribution in [-0.4, -0.2) is 29.9 Å². The molecular weight excluding hydrogens is 322 g/mol. The van der Waals surface area contributed by atoms with Crippen molar-refractivity contribution < 1.29 is 18.4 Å². The summed E-state index contributed by atoms with van der Waals surface area (Å²) in [5, 5.41) is 8.74. The highest BCUT2D eigenvalue weighted by Crippen LogP contribution is 2.43. The summed E-state index contributed by atoms with van der Waals surface area (Å²) in [7, 11) is -0.915. The second kappa shape index (κ2) is 6.43. The van der Waals surface area contributed by atoms with E-state index in [1.54, 1.807) is 12.1 Å². The monoisotopic (exact) mass is 344 g/mol. The third-order valence-electron chi connectivity index (χ3n) is 5.20. The molecule has 5 nitrogen and oxygen atoms in total. The Morgan fingerprint density at radius 1 is 1.32 bits per heavy atom. The normalized spacial score (nSPS) is 23.8. The molecule has 3 rings (SSSR count). The van der Waals surface area contributed by atoms with Gasteiger partial charge in [-0.1, -0.05) is 0 Å². The van der Waals surface area contributed by atoms with Crippen LogP contribution in [0.1, 0.15) is 46.1 Å². The van der Waals surface area contributed by atoms with Crippen LogP contribution < -0.4 is 4.74 Å². The zero-order valence-corrected chi connectivity index (χ0v) is 15.0. The van der Waals surface area contributed by atoms with E-state index in [9.17, 15) is 4.39 Å². The Hall–Kier alpha value is -1.91. The van der Waals surface area contributed by atoms with Crippen LogP contribution in [0, 0.1) is 17.2 Å². The second-order valence-corrected chi connectivity index (χ2v) is 7.62. The molecule has 0 unspecified atom stereocenters. The number of nitriles is 1. The summed E-state index contributed by atoms with van der Waals surface area (Å²) in [6.07, 6.45) is 2.73. The molecule has 25 heavy (non-hydrogen) atoms. The number of aromatic nitrogens is 1. The molecule has 0 N–H and O–H groups in total. The predicted molar refractivity (Wildman–Crippen MR) is 91.4 cm³/mol. The van der Waals surface area contributed by atoms with Gasteiger partial charge in [-0.05, 0) is 52.2 Å². The number of rotatable bonds is 4. The fourth-order valence-corrected chi connectivity index (χ4v) is 2.80. The van der Waals surface area contributed by atoms with Crippen LogP contribution >= 0.6 is 0 Å². The molecule has 0 bridgehead atoms. The molecule has 132 valence electrons. The van der Waals surface area contributed by atoms with Crippen LogP contribution in [0.5, 0.6) is 5.88 Å². The Labute approximate surface area is 147 Å². The number of ether oxygens (including phenoxy) is 1. The van der Waals surface area contributed by atoms with Gasteiger partial charge in [-0.2, -0.15) is 5.26 Å². The van der Waals surface area contributed by atoms with Gasteiger partial charge < -0.3 is 14.0 Å². The van der Waals surface area contributed by atoms with E-state index in [0.717, 1.165) is 5.57 Å². The van der Waals surface area contributed by atoms with Crippen LogP contribution in [0.15, 0.2) is 29.6 Å². The first-order chi connectivity index (χ1) is 11.7. The molecule has 1 saturated carbocycles. The number of allylic oxidation sites excluding steroid dienone is 1. The molecule has 0 atom stereocenters. The van der Waals surface area contributed by atoms with Crippen molar-refractivity contribution in [2.24, 2.45) is 5.92 Å². The average molecular weight is 344 g/mol. The van der Waals surface area contributed by atoms with E-state index in [-0.39, 0.29) is 11.6 Å². The fraction of sp³-hybridized carbons (Fsp3) is 0.556. The van der Waals surface area contributed by atoms with Crippen LogP contribution in [0.3, 0.4) is 0 Å². The minimum absolute atomic E-state index is 0.251. The van der Waals surface area contributed by atoms with Gasteiger partial charge in [-0.15, -0.1) is 0 Å². The van der Waals surface area contributed by atoms with Crippen molar-refractivity contribution in [1.82, 2.24) is 4.98 Å². The standard InChI is InChI=1S/C18H22BFN2O3/c1-17(2)18(3,4)25-19(24-17)16(20)14-7-13(8-14)11-23-15-6-5-12(9-21)10-22-15/h5-6,10,13H,7-8,11H2,1-4H3. The van der Waals surface area contributed by atoms with E-state index in [2.05, 4.69) is 4.98 Å². The van der Waals surface area contributed by atoms with Crippen molar-refractivity contribution in [2.45, 2.75) is 51.7 Å². The van der Waals surface area contributed by atoms with Gasteiger partial charge >= 0.3 is 7.12 Å². The van der Waals surface area contributed by atoms with Crippen LogP contribution in [0.25, 0.3) is 0 Å². The first-order valence-electron chi connectivity index (χ1n) is 8.44. The maximum atomic E-state index is 14.6. The number of nitrogens with zero attached hydrogens (tertiary/aromatic N) is 2. The summed E-state index contributed by atoms with van der Waals surface area (Å²) < 4.78 is 31.7. The zero-order chi connectivity index (χ0) is 18.2. The number of halogens is 1. The highest BCUT2D eigenvalue weighted by Gasteiger charge is 2.54. The van der Waals surface area contributed by atoms with E-state index in [0.29, 0.717) is 30.9 Å². The molecule has 0 spiro atoms. The smallest absolute Gasteiger partial charge is 0.477 e. The summed E-state index contributed by atoms with van der Waals surface area (Å²) in [6.45, 7) is 8.11. The number of pyridine rings is 1. The van der Waals surface area contributed by atoms with Gasteiger partial charge in [0.05, 0.1) is 23.4 Å². The molecule has 1 aromatic rings. The lowest BCUT2D eigenvalue weighted by atomic mass is 9.73. The fourth-order valence-electron chi connectivity index (χ4n) is 2.80. The van der Waals surface area contributed by atoms with Crippen molar-refractivity contribution in [3.63, 3.8) is 0 Å². The SMILES string of the molecule is CC1(C)OB(C(F)=C2CC(COc3ccc(C#N)cn3)C2)OC1(C)C. The van der Waals surface area contributed by atoms with Gasteiger partial charge in [0.2, 0.25) is 5.88 Å².